The Morgan fingerprint density at radius 3 is 3.00 bits per heavy atom. The lowest BCUT2D eigenvalue weighted by Gasteiger charge is -2.08. The summed E-state index contributed by atoms with van der Waals surface area (Å²) in [6.07, 6.45) is 0.637. The van der Waals surface area contributed by atoms with E-state index in [0.29, 0.717) is 30.1 Å². The number of hydrogen-bond acceptors (Lipinski definition) is 5. The third kappa shape index (κ3) is 2.56. The number of hydrogen-bond donors (Lipinski definition) is 2. The number of rotatable bonds is 4. The molecular weight excluding hydrogens is 259 g/mol. The van der Waals surface area contributed by atoms with Crippen molar-refractivity contribution in [3.05, 3.63) is 41.5 Å². The Balaban J connectivity index is 1.77. The minimum atomic E-state index is -0.284. The summed E-state index contributed by atoms with van der Waals surface area (Å²) in [5.74, 6) is 1.07. The van der Waals surface area contributed by atoms with E-state index in [2.05, 4.69) is 30.9 Å². The van der Waals surface area contributed by atoms with E-state index < -0.39 is 0 Å². The highest BCUT2D eigenvalue weighted by Gasteiger charge is 2.04. The molecule has 0 aliphatic carbocycles. The van der Waals surface area contributed by atoms with E-state index in [-0.39, 0.29) is 5.82 Å². The molecule has 2 heterocycles. The maximum absolute atomic E-state index is 13.3. The molecule has 6 nitrogen and oxygen atoms in total. The van der Waals surface area contributed by atoms with E-state index in [0.717, 1.165) is 10.9 Å². The summed E-state index contributed by atoms with van der Waals surface area (Å²) in [6, 6.07) is 6.57. The zero-order valence-electron chi connectivity index (χ0n) is 10.9. The summed E-state index contributed by atoms with van der Waals surface area (Å²) in [4.78, 5) is 4.40. The molecule has 0 saturated heterocycles. The van der Waals surface area contributed by atoms with Crippen molar-refractivity contribution in [1.29, 1.82) is 0 Å². The van der Waals surface area contributed by atoms with Crippen LogP contribution in [0.2, 0.25) is 0 Å². The molecule has 0 amide bonds. The summed E-state index contributed by atoms with van der Waals surface area (Å²) >= 11 is 0. The summed E-state index contributed by atoms with van der Waals surface area (Å²) in [6.45, 7) is 2.61. The average Bonchev–Trinajstić information content (AvgIpc) is 2.91. The van der Waals surface area contributed by atoms with Crippen molar-refractivity contribution in [3.63, 3.8) is 0 Å². The number of pyridine rings is 1. The largest absolute Gasteiger partial charge is 0.370 e. The maximum atomic E-state index is 13.3. The summed E-state index contributed by atoms with van der Waals surface area (Å²) in [5.41, 5.74) is 1.70. The number of tetrazole rings is 1. The third-order valence-corrected chi connectivity index (χ3v) is 3.02. The molecule has 0 unspecified atom stereocenters. The summed E-state index contributed by atoms with van der Waals surface area (Å²) < 4.78 is 13.3. The van der Waals surface area contributed by atoms with Crippen LogP contribution in [0.4, 0.5) is 10.2 Å². The van der Waals surface area contributed by atoms with Gasteiger partial charge in [-0.15, -0.1) is 10.2 Å². The number of nitrogens with one attached hydrogen (secondary N) is 2. The van der Waals surface area contributed by atoms with Crippen LogP contribution in [0, 0.1) is 12.7 Å². The Morgan fingerprint density at radius 2 is 2.20 bits per heavy atom. The number of benzene rings is 1. The van der Waals surface area contributed by atoms with Gasteiger partial charge in [0, 0.05) is 24.4 Å². The van der Waals surface area contributed by atoms with Gasteiger partial charge in [-0.3, -0.25) is 0 Å². The van der Waals surface area contributed by atoms with Crippen molar-refractivity contribution in [2.24, 2.45) is 0 Å². The molecule has 0 radical (unpaired) electrons. The normalized spacial score (nSPS) is 10.9. The fourth-order valence-electron chi connectivity index (χ4n) is 2.06. The van der Waals surface area contributed by atoms with Crippen molar-refractivity contribution < 1.29 is 4.39 Å². The molecule has 0 aliphatic heterocycles. The average molecular weight is 272 g/mol. The van der Waals surface area contributed by atoms with Crippen LogP contribution in [0.3, 0.4) is 0 Å². The maximum Gasteiger partial charge on any atom is 0.176 e. The summed E-state index contributed by atoms with van der Waals surface area (Å²) in [5, 5.41) is 17.8. The van der Waals surface area contributed by atoms with Gasteiger partial charge >= 0.3 is 0 Å². The predicted octanol–water partition coefficient (Wildman–Crippen LogP) is 1.85. The van der Waals surface area contributed by atoms with E-state index in [1.54, 1.807) is 6.07 Å². The van der Waals surface area contributed by atoms with Gasteiger partial charge in [0.25, 0.3) is 0 Å². The van der Waals surface area contributed by atoms with E-state index in [1.807, 2.05) is 13.0 Å². The summed E-state index contributed by atoms with van der Waals surface area (Å²) in [7, 11) is 0. The Hall–Kier alpha value is -2.57. The molecule has 2 N–H and O–H groups in total. The number of aromatic amines is 1. The van der Waals surface area contributed by atoms with Crippen LogP contribution in [0.25, 0.3) is 10.9 Å². The first-order valence-electron chi connectivity index (χ1n) is 6.25. The van der Waals surface area contributed by atoms with Crippen LogP contribution < -0.4 is 5.32 Å². The smallest absolute Gasteiger partial charge is 0.176 e. The van der Waals surface area contributed by atoms with Crippen molar-refractivity contribution in [2.75, 3.05) is 11.9 Å². The number of aryl methyl sites for hydroxylation is 1. The van der Waals surface area contributed by atoms with Gasteiger partial charge in [0.1, 0.15) is 11.6 Å². The van der Waals surface area contributed by atoms with Crippen LogP contribution >= 0.6 is 0 Å². The standard InChI is InChI=1S/C13H13FN6/c1-8-6-13(15-5-4-12-17-19-20-18-12)16-11-7-9(14)2-3-10(8)11/h2-3,6-7H,4-5H2,1H3,(H,15,16)(H,17,18,19,20). The van der Waals surface area contributed by atoms with Crippen molar-refractivity contribution in [3.8, 4) is 0 Å². The van der Waals surface area contributed by atoms with Crippen molar-refractivity contribution in [1.82, 2.24) is 25.6 Å². The molecule has 0 spiro atoms. The molecule has 0 aliphatic rings. The molecule has 2 aromatic heterocycles. The van der Waals surface area contributed by atoms with E-state index >= 15 is 0 Å². The molecule has 3 aromatic rings. The molecule has 1 aromatic carbocycles. The first-order valence-corrected chi connectivity index (χ1v) is 6.25. The van der Waals surface area contributed by atoms with E-state index in [4.69, 9.17) is 0 Å². The van der Waals surface area contributed by atoms with Gasteiger partial charge in [-0.05, 0) is 30.7 Å². The predicted molar refractivity (Wildman–Crippen MR) is 72.8 cm³/mol. The third-order valence-electron chi connectivity index (χ3n) is 3.02. The molecule has 7 heteroatoms. The van der Waals surface area contributed by atoms with Gasteiger partial charge in [0.05, 0.1) is 5.52 Å². The van der Waals surface area contributed by atoms with Crippen LogP contribution in [-0.4, -0.2) is 32.2 Å². The first-order chi connectivity index (χ1) is 9.72. The fraction of sp³-hybridized carbons (Fsp3) is 0.231. The first kappa shape index (κ1) is 12.5. The molecule has 0 atom stereocenters. The number of nitrogens with zero attached hydrogens (tertiary/aromatic N) is 4. The van der Waals surface area contributed by atoms with E-state index in [9.17, 15) is 4.39 Å². The number of anilines is 1. The molecule has 0 fully saturated rings. The van der Waals surface area contributed by atoms with Crippen LogP contribution in [0.15, 0.2) is 24.3 Å². The highest BCUT2D eigenvalue weighted by molar-refractivity contribution is 5.83. The number of halogens is 1. The van der Waals surface area contributed by atoms with E-state index in [1.165, 1.54) is 12.1 Å². The number of aromatic nitrogens is 5. The van der Waals surface area contributed by atoms with Crippen LogP contribution in [-0.2, 0) is 6.42 Å². The van der Waals surface area contributed by atoms with Gasteiger partial charge in [0.15, 0.2) is 5.82 Å². The fourth-order valence-corrected chi connectivity index (χ4v) is 2.06. The molecule has 0 saturated carbocycles. The Bertz CT molecular complexity index is 725. The van der Waals surface area contributed by atoms with Gasteiger partial charge in [-0.2, -0.15) is 5.21 Å². The molecule has 0 bridgehead atoms. The lowest BCUT2D eigenvalue weighted by molar-refractivity contribution is 0.629. The molecular formula is C13H13FN6. The lowest BCUT2D eigenvalue weighted by Crippen LogP contribution is -2.07. The zero-order chi connectivity index (χ0) is 13.9. The second kappa shape index (κ2) is 5.20. The second-order valence-electron chi connectivity index (χ2n) is 4.49. The minimum Gasteiger partial charge on any atom is -0.370 e. The topological polar surface area (TPSA) is 79.4 Å². The molecule has 20 heavy (non-hydrogen) atoms. The van der Waals surface area contributed by atoms with Crippen LogP contribution in [0.5, 0.6) is 0 Å². The van der Waals surface area contributed by atoms with Gasteiger partial charge in [-0.1, -0.05) is 5.21 Å². The minimum absolute atomic E-state index is 0.284. The highest BCUT2D eigenvalue weighted by Crippen LogP contribution is 2.20. The number of H-pyrrole nitrogens is 1. The quantitative estimate of drug-likeness (QED) is 0.757. The number of fused-ring (bicyclic) bond motifs is 1. The monoisotopic (exact) mass is 272 g/mol. The van der Waals surface area contributed by atoms with Gasteiger partial charge in [0.2, 0.25) is 0 Å². The van der Waals surface area contributed by atoms with Gasteiger partial charge in [-0.25, -0.2) is 9.37 Å². The zero-order valence-corrected chi connectivity index (χ0v) is 10.9. The van der Waals surface area contributed by atoms with Crippen LogP contribution in [0.1, 0.15) is 11.4 Å². The van der Waals surface area contributed by atoms with Crippen molar-refractivity contribution in [2.45, 2.75) is 13.3 Å². The Labute approximate surface area is 114 Å². The second-order valence-corrected chi connectivity index (χ2v) is 4.49. The Kier molecular flexibility index (Phi) is 3.24. The van der Waals surface area contributed by atoms with Crippen molar-refractivity contribution >= 4 is 16.7 Å². The lowest BCUT2D eigenvalue weighted by atomic mass is 10.1. The van der Waals surface area contributed by atoms with Gasteiger partial charge < -0.3 is 5.32 Å². The SMILES string of the molecule is Cc1cc(NCCc2nn[nH]n2)nc2cc(F)ccc12. The highest BCUT2D eigenvalue weighted by atomic mass is 19.1. The Morgan fingerprint density at radius 1 is 1.30 bits per heavy atom. The molecule has 102 valence electrons. The molecule has 3 rings (SSSR count).